The highest BCUT2D eigenvalue weighted by atomic mass is 79.9. The van der Waals surface area contributed by atoms with Gasteiger partial charge in [-0.05, 0) is 90.3 Å². The topological polar surface area (TPSA) is 105 Å². The van der Waals surface area contributed by atoms with Crippen molar-refractivity contribution in [3.63, 3.8) is 0 Å². The van der Waals surface area contributed by atoms with Gasteiger partial charge in [0.25, 0.3) is 0 Å². The number of fused-ring (bicyclic) bond motifs is 2. The van der Waals surface area contributed by atoms with Gasteiger partial charge in [-0.3, -0.25) is 8.61 Å². The average Bonchev–Trinajstić information content (AvgIpc) is 3.67. The monoisotopic (exact) mass is 965 g/mol. The number of thiophene rings is 2. The van der Waals surface area contributed by atoms with E-state index in [9.17, 15) is 43.2 Å². The summed E-state index contributed by atoms with van der Waals surface area (Å²) in [4.78, 5) is 0. The number of hydrogen-bond acceptors (Lipinski definition) is 9. The molecule has 318 valence electrons. The van der Waals surface area contributed by atoms with E-state index < -0.39 is 32.8 Å². The predicted molar refractivity (Wildman–Crippen MR) is 227 cm³/mol. The van der Waals surface area contributed by atoms with Crippen LogP contribution in [0.3, 0.4) is 0 Å². The van der Waals surface area contributed by atoms with Crippen LogP contribution in [0.25, 0.3) is 20.2 Å². The van der Waals surface area contributed by atoms with E-state index in [-0.39, 0.29) is 48.0 Å². The van der Waals surface area contributed by atoms with E-state index in [2.05, 4.69) is 30.7 Å². The second-order valence-corrected chi connectivity index (χ2v) is 19.8. The second kappa shape index (κ2) is 19.1. The molecule has 0 amide bonds. The number of nitrogens with zero attached hydrogens (tertiary/aromatic N) is 2. The molecule has 2 aromatic heterocycles. The van der Waals surface area contributed by atoms with Crippen LogP contribution in [0.1, 0.15) is 22.3 Å². The molecule has 4 aromatic carbocycles. The first-order valence-corrected chi connectivity index (χ1v) is 23.6. The molecule has 6 aromatic rings. The number of sulfonamides is 2. The minimum Gasteiger partial charge on any atom is -0.406 e. The van der Waals surface area contributed by atoms with Crippen molar-refractivity contribution < 1.29 is 52.7 Å². The summed E-state index contributed by atoms with van der Waals surface area (Å²) >= 11 is 5.93. The number of halogens is 7. The molecule has 0 aliphatic carbocycles. The molecule has 0 spiro atoms. The smallest absolute Gasteiger partial charge is 0.406 e. The fourth-order valence-corrected chi connectivity index (χ4v) is 12.8. The van der Waals surface area contributed by atoms with Crippen molar-refractivity contribution in [3.05, 3.63) is 119 Å². The molecule has 20 heteroatoms. The van der Waals surface area contributed by atoms with Crippen molar-refractivity contribution >= 4 is 88.8 Å². The van der Waals surface area contributed by atoms with Gasteiger partial charge in [-0.1, -0.05) is 76.6 Å². The normalized spacial score (nSPS) is 12.3. The summed E-state index contributed by atoms with van der Waals surface area (Å²) in [6, 6.07) is 25.7. The molecule has 1 N–H and O–H groups in total. The van der Waals surface area contributed by atoms with Gasteiger partial charge in [-0.25, -0.2) is 16.8 Å². The lowest BCUT2D eigenvalue weighted by Gasteiger charge is -2.24. The molecule has 0 saturated heterocycles. The van der Waals surface area contributed by atoms with E-state index in [0.29, 0.717) is 21.1 Å². The Hall–Kier alpha value is -4.08. The standard InChI is InChI=1S/C20H21F3N2O3S2.C19H17BrF3NO3S2/c1-14-17-5-3-4-6-18(17)29-19(14)25(30(26,27)12-11-24-2)13-15-7-9-16(10-8-15)28-20(21,22)23;1-13-16-4-2-3-5-17(16)28-18(13)24(29(25,26)11-10-20)12-14-6-8-15(9-7-14)27-19(21,22)23/h3-10,24H,11-13H2,1-2H3;2-9H,10-12H2,1H3. The molecule has 59 heavy (non-hydrogen) atoms. The summed E-state index contributed by atoms with van der Waals surface area (Å²) in [5, 5.41) is 6.26. The predicted octanol–water partition coefficient (Wildman–Crippen LogP) is 10.5. The molecular formula is C39H38BrF6N3O6S4. The molecule has 0 radical (unpaired) electrons. The minimum absolute atomic E-state index is 0.00596. The fourth-order valence-electron chi connectivity index (χ4n) is 5.87. The van der Waals surface area contributed by atoms with Crippen LogP contribution in [0.4, 0.5) is 36.3 Å². The van der Waals surface area contributed by atoms with Gasteiger partial charge in [0, 0.05) is 21.3 Å². The van der Waals surface area contributed by atoms with E-state index >= 15 is 0 Å². The Bertz CT molecular complexity index is 2560. The first kappa shape index (κ1) is 46.0. The van der Waals surface area contributed by atoms with Gasteiger partial charge in [-0.15, -0.1) is 49.0 Å². The van der Waals surface area contributed by atoms with Crippen molar-refractivity contribution in [1.82, 2.24) is 5.32 Å². The number of rotatable bonds is 15. The van der Waals surface area contributed by atoms with Crippen molar-refractivity contribution in [3.8, 4) is 11.5 Å². The number of alkyl halides is 7. The fraction of sp³-hybridized carbons (Fsp3) is 0.282. The largest absolute Gasteiger partial charge is 0.573 e. The van der Waals surface area contributed by atoms with Gasteiger partial charge >= 0.3 is 12.7 Å². The van der Waals surface area contributed by atoms with Crippen LogP contribution in [0.15, 0.2) is 97.1 Å². The average molecular weight is 967 g/mol. The Labute approximate surface area is 354 Å². The van der Waals surface area contributed by atoms with E-state index in [1.165, 1.54) is 79.8 Å². The number of nitrogens with one attached hydrogen (secondary N) is 1. The maximum atomic E-state index is 13.1. The highest BCUT2D eigenvalue weighted by Crippen LogP contribution is 2.41. The van der Waals surface area contributed by atoms with Gasteiger partial charge in [0.2, 0.25) is 20.0 Å². The van der Waals surface area contributed by atoms with Crippen LogP contribution in [0, 0.1) is 13.8 Å². The zero-order valence-electron chi connectivity index (χ0n) is 31.6. The lowest BCUT2D eigenvalue weighted by molar-refractivity contribution is -0.275. The van der Waals surface area contributed by atoms with Crippen LogP contribution in [-0.4, -0.2) is 60.0 Å². The van der Waals surface area contributed by atoms with Crippen LogP contribution < -0.4 is 23.4 Å². The summed E-state index contributed by atoms with van der Waals surface area (Å²) < 4.78 is 139. The molecule has 2 heterocycles. The number of ether oxygens (including phenoxy) is 2. The van der Waals surface area contributed by atoms with Crippen LogP contribution >= 0.6 is 38.6 Å². The maximum absolute atomic E-state index is 13.1. The molecule has 0 fully saturated rings. The molecule has 0 bridgehead atoms. The van der Waals surface area contributed by atoms with Gasteiger partial charge in [-0.2, -0.15) is 0 Å². The number of anilines is 2. The lowest BCUT2D eigenvalue weighted by Crippen LogP contribution is -2.35. The Balaban J connectivity index is 0.000000224. The first-order chi connectivity index (χ1) is 27.7. The van der Waals surface area contributed by atoms with Crippen molar-refractivity contribution in [1.29, 1.82) is 0 Å². The molecule has 0 saturated carbocycles. The van der Waals surface area contributed by atoms with Gasteiger partial charge < -0.3 is 14.8 Å². The number of benzene rings is 4. The molecule has 9 nitrogen and oxygen atoms in total. The summed E-state index contributed by atoms with van der Waals surface area (Å²) in [5.41, 5.74) is 2.80. The Morgan fingerprint density at radius 3 is 1.32 bits per heavy atom. The molecule has 0 atom stereocenters. The van der Waals surface area contributed by atoms with E-state index in [1.54, 1.807) is 7.05 Å². The minimum atomic E-state index is -4.78. The third kappa shape index (κ3) is 12.3. The van der Waals surface area contributed by atoms with Crippen molar-refractivity contribution in [2.75, 3.05) is 39.0 Å². The van der Waals surface area contributed by atoms with Gasteiger partial charge in [0.1, 0.15) is 21.5 Å². The van der Waals surface area contributed by atoms with Crippen molar-refractivity contribution in [2.24, 2.45) is 0 Å². The number of hydrogen-bond donors (Lipinski definition) is 1. The molecular weight excluding hydrogens is 929 g/mol. The summed E-state index contributed by atoms with van der Waals surface area (Å²) in [6.45, 7) is 4.03. The second-order valence-electron chi connectivity index (χ2n) is 12.9. The SMILES string of the molecule is CNCCS(=O)(=O)N(Cc1ccc(OC(F)(F)F)cc1)c1sc2ccccc2c1C.Cc1c(N(Cc2ccc(OC(F)(F)F)cc2)S(=O)(=O)CCBr)sc2ccccc12. The van der Waals surface area contributed by atoms with E-state index in [1.807, 2.05) is 62.4 Å². The molecule has 6 rings (SSSR count). The third-order valence-electron chi connectivity index (χ3n) is 8.67. The molecule has 0 unspecified atom stereocenters. The zero-order chi connectivity index (χ0) is 43.2. The number of aryl methyl sites for hydroxylation is 2. The van der Waals surface area contributed by atoms with Crippen LogP contribution in [-0.2, 0) is 33.1 Å². The molecule has 0 aliphatic heterocycles. The molecule has 0 aliphatic rings. The maximum Gasteiger partial charge on any atom is 0.573 e. The summed E-state index contributed by atoms with van der Waals surface area (Å²) in [7, 11) is -5.65. The quantitative estimate of drug-likeness (QED) is 0.0807. The summed E-state index contributed by atoms with van der Waals surface area (Å²) in [6.07, 6.45) is -9.56. The lowest BCUT2D eigenvalue weighted by atomic mass is 10.2. The van der Waals surface area contributed by atoms with E-state index in [0.717, 1.165) is 31.3 Å². The Kier molecular flexibility index (Phi) is 14.9. The van der Waals surface area contributed by atoms with E-state index in [4.69, 9.17) is 0 Å². The highest BCUT2D eigenvalue weighted by Gasteiger charge is 2.33. The Morgan fingerprint density at radius 2 is 0.983 bits per heavy atom. The third-order valence-corrected chi connectivity index (χ3v) is 15.8. The van der Waals surface area contributed by atoms with Crippen LogP contribution in [0.2, 0.25) is 0 Å². The van der Waals surface area contributed by atoms with Crippen LogP contribution in [0.5, 0.6) is 11.5 Å². The Morgan fingerprint density at radius 1 is 0.610 bits per heavy atom. The van der Waals surface area contributed by atoms with Gasteiger partial charge in [0.05, 0.1) is 24.6 Å². The zero-order valence-corrected chi connectivity index (χ0v) is 36.5. The first-order valence-electron chi connectivity index (χ1n) is 17.6. The van der Waals surface area contributed by atoms with Gasteiger partial charge in [0.15, 0.2) is 0 Å². The summed E-state index contributed by atoms with van der Waals surface area (Å²) in [5.74, 6) is -0.911. The highest BCUT2D eigenvalue weighted by molar-refractivity contribution is 9.09. The van der Waals surface area contributed by atoms with Crippen molar-refractivity contribution in [2.45, 2.75) is 39.7 Å².